The Bertz CT molecular complexity index is 1130. The zero-order valence-corrected chi connectivity index (χ0v) is 19.0. The van der Waals surface area contributed by atoms with Gasteiger partial charge in [0.2, 0.25) is 5.91 Å². The van der Waals surface area contributed by atoms with Crippen LogP contribution < -0.4 is 4.90 Å². The Morgan fingerprint density at radius 1 is 1.22 bits per heavy atom. The Labute approximate surface area is 187 Å². The molecule has 1 fully saturated rings. The van der Waals surface area contributed by atoms with Gasteiger partial charge in [-0.05, 0) is 44.5 Å². The van der Waals surface area contributed by atoms with Gasteiger partial charge in [0.15, 0.2) is 0 Å². The topological polar surface area (TPSA) is 91.4 Å². The van der Waals surface area contributed by atoms with Crippen molar-refractivity contribution in [2.45, 2.75) is 46.2 Å². The quantitative estimate of drug-likeness (QED) is 0.619. The number of ether oxygens (including phenoxy) is 1. The Balaban J connectivity index is 1.62. The maximum Gasteiger partial charge on any atom is 0.310 e. The molecule has 32 heavy (non-hydrogen) atoms. The third kappa shape index (κ3) is 4.30. The number of carbonyl (C=O) groups excluding carboxylic acids is 2. The average molecular weight is 436 g/mol. The average Bonchev–Trinajstić information content (AvgIpc) is 3.16. The second kappa shape index (κ2) is 8.98. The first kappa shape index (κ1) is 21.8. The van der Waals surface area contributed by atoms with Gasteiger partial charge >= 0.3 is 5.97 Å². The van der Waals surface area contributed by atoms with Crippen LogP contribution in [-0.2, 0) is 20.7 Å². The predicted molar refractivity (Wildman–Crippen MR) is 123 cm³/mol. The number of aromatic nitrogens is 3. The second-order valence-corrected chi connectivity index (χ2v) is 8.33. The fourth-order valence-corrected chi connectivity index (χ4v) is 4.61. The van der Waals surface area contributed by atoms with Gasteiger partial charge in [-0.1, -0.05) is 6.07 Å². The van der Waals surface area contributed by atoms with Crippen molar-refractivity contribution in [1.29, 1.82) is 0 Å². The van der Waals surface area contributed by atoms with E-state index >= 15 is 0 Å². The number of esters is 1. The third-order valence-corrected chi connectivity index (χ3v) is 5.86. The van der Waals surface area contributed by atoms with E-state index in [0.717, 1.165) is 46.8 Å². The summed E-state index contributed by atoms with van der Waals surface area (Å²) >= 11 is 0. The molecule has 3 aromatic rings. The van der Waals surface area contributed by atoms with Crippen LogP contribution in [0.5, 0.6) is 0 Å². The number of piperazine rings is 1. The Morgan fingerprint density at radius 3 is 2.66 bits per heavy atom. The fourth-order valence-electron chi connectivity index (χ4n) is 4.61. The number of fused-ring (bicyclic) bond motifs is 1. The van der Waals surface area contributed by atoms with Crippen LogP contribution in [0.25, 0.3) is 22.3 Å². The summed E-state index contributed by atoms with van der Waals surface area (Å²) in [6.07, 6.45) is 3.78. The minimum absolute atomic E-state index is 0.108. The van der Waals surface area contributed by atoms with E-state index in [0.29, 0.717) is 6.61 Å². The number of rotatable bonds is 5. The molecule has 0 saturated carbocycles. The smallest absolute Gasteiger partial charge is 0.310 e. The Morgan fingerprint density at radius 2 is 1.97 bits per heavy atom. The molecule has 0 radical (unpaired) electrons. The van der Waals surface area contributed by atoms with Crippen LogP contribution in [0.4, 0.5) is 5.82 Å². The molecular weight excluding hydrogens is 406 g/mol. The van der Waals surface area contributed by atoms with Crippen molar-refractivity contribution in [1.82, 2.24) is 19.9 Å². The number of anilines is 1. The van der Waals surface area contributed by atoms with E-state index in [-0.39, 0.29) is 30.4 Å². The van der Waals surface area contributed by atoms with Crippen LogP contribution in [-0.4, -0.2) is 63.5 Å². The highest BCUT2D eigenvalue weighted by Gasteiger charge is 2.31. The number of H-pyrrole nitrogens is 1. The molecule has 0 aromatic carbocycles. The minimum Gasteiger partial charge on any atom is -0.466 e. The molecule has 8 nitrogen and oxygen atoms in total. The summed E-state index contributed by atoms with van der Waals surface area (Å²) < 4.78 is 5.06. The van der Waals surface area contributed by atoms with Gasteiger partial charge in [0.05, 0.1) is 18.7 Å². The number of hydrogen-bond acceptors (Lipinski definition) is 6. The lowest BCUT2D eigenvalue weighted by atomic mass is 10.1. The summed E-state index contributed by atoms with van der Waals surface area (Å²) in [6, 6.07) is 8.18. The van der Waals surface area contributed by atoms with Crippen LogP contribution >= 0.6 is 0 Å². The third-order valence-electron chi connectivity index (χ3n) is 5.86. The second-order valence-electron chi connectivity index (χ2n) is 8.33. The van der Waals surface area contributed by atoms with Gasteiger partial charge in [-0.25, -0.2) is 9.97 Å². The highest BCUT2D eigenvalue weighted by Crippen LogP contribution is 2.29. The summed E-state index contributed by atoms with van der Waals surface area (Å²) in [7, 11) is 0. The van der Waals surface area contributed by atoms with E-state index in [9.17, 15) is 9.59 Å². The molecular formula is C24H29N5O3. The molecule has 0 spiro atoms. The van der Waals surface area contributed by atoms with Gasteiger partial charge in [-0.15, -0.1) is 0 Å². The van der Waals surface area contributed by atoms with Crippen LogP contribution in [0.2, 0.25) is 0 Å². The van der Waals surface area contributed by atoms with Crippen LogP contribution in [0.1, 0.15) is 33.3 Å². The maximum absolute atomic E-state index is 12.0. The molecule has 1 N–H and O–H groups in total. The number of amides is 1. The Kier molecular flexibility index (Phi) is 6.12. The first-order valence-electron chi connectivity index (χ1n) is 11.0. The molecule has 3 aromatic heterocycles. The molecule has 1 aliphatic heterocycles. The minimum atomic E-state index is -0.265. The van der Waals surface area contributed by atoms with Gasteiger partial charge in [-0.3, -0.25) is 9.59 Å². The molecule has 2 atom stereocenters. The van der Waals surface area contributed by atoms with Crippen LogP contribution in [0, 0.1) is 0 Å². The van der Waals surface area contributed by atoms with Crippen LogP contribution in [0.15, 0.2) is 36.7 Å². The van der Waals surface area contributed by atoms with Crippen LogP contribution in [0.3, 0.4) is 0 Å². The normalized spacial score (nSPS) is 18.8. The Hall–Kier alpha value is -3.42. The van der Waals surface area contributed by atoms with E-state index in [1.807, 2.05) is 35.4 Å². The van der Waals surface area contributed by atoms with Crippen molar-refractivity contribution in [2.75, 3.05) is 24.6 Å². The van der Waals surface area contributed by atoms with E-state index in [1.165, 1.54) is 0 Å². The highest BCUT2D eigenvalue weighted by atomic mass is 16.5. The van der Waals surface area contributed by atoms with Gasteiger partial charge in [0.1, 0.15) is 11.5 Å². The molecule has 8 heteroatoms. The largest absolute Gasteiger partial charge is 0.466 e. The monoisotopic (exact) mass is 435 g/mol. The number of nitrogens with one attached hydrogen (secondary N) is 1. The molecule has 0 unspecified atom stereocenters. The number of nitrogens with zero attached hydrogens (tertiary/aromatic N) is 4. The predicted octanol–water partition coefficient (Wildman–Crippen LogP) is 3.18. The first-order valence-corrected chi connectivity index (χ1v) is 11.0. The van der Waals surface area contributed by atoms with Gasteiger partial charge in [0.25, 0.3) is 0 Å². The fraction of sp³-hybridized carbons (Fsp3) is 0.417. The van der Waals surface area contributed by atoms with Crippen molar-refractivity contribution in [3.05, 3.63) is 42.2 Å². The number of pyridine rings is 2. The molecule has 0 aliphatic carbocycles. The van der Waals surface area contributed by atoms with Gasteiger partial charge in [0, 0.05) is 55.4 Å². The van der Waals surface area contributed by atoms with E-state index < -0.39 is 0 Å². The van der Waals surface area contributed by atoms with Crippen molar-refractivity contribution in [2.24, 2.45) is 0 Å². The van der Waals surface area contributed by atoms with Crippen molar-refractivity contribution >= 4 is 28.7 Å². The van der Waals surface area contributed by atoms with E-state index in [4.69, 9.17) is 9.72 Å². The lowest BCUT2D eigenvalue weighted by Gasteiger charge is -2.44. The molecule has 4 heterocycles. The highest BCUT2D eigenvalue weighted by molar-refractivity contribution is 5.93. The van der Waals surface area contributed by atoms with Crippen molar-refractivity contribution in [3.8, 4) is 11.3 Å². The van der Waals surface area contributed by atoms with Crippen molar-refractivity contribution in [3.63, 3.8) is 0 Å². The standard InChI is InChI=1S/C24H29N5O3/c1-5-32-23(31)10-18-9-19-20(12-26-24(19)25-11-18)21-7-6-8-22(27-21)28-13-15(2)29(17(4)30)16(3)14-28/h6-9,11-12,15-16H,5,10,13-14H2,1-4H3,(H,25,26)/t15-,16+. The molecule has 1 saturated heterocycles. The number of hydrogen-bond donors (Lipinski definition) is 1. The first-order chi connectivity index (χ1) is 15.4. The molecule has 168 valence electrons. The maximum atomic E-state index is 12.0. The van der Waals surface area contributed by atoms with E-state index in [2.05, 4.69) is 28.7 Å². The summed E-state index contributed by atoms with van der Waals surface area (Å²) in [6.45, 7) is 9.40. The van der Waals surface area contributed by atoms with Gasteiger partial charge < -0.3 is 19.5 Å². The zero-order chi connectivity index (χ0) is 22.8. The SMILES string of the molecule is CCOC(=O)Cc1cnc2[nH]cc(-c3cccc(N4C[C@@H](C)N(C(C)=O)[C@@H](C)C4)n3)c2c1. The number of aromatic amines is 1. The lowest BCUT2D eigenvalue weighted by Crippen LogP contribution is -2.58. The summed E-state index contributed by atoms with van der Waals surface area (Å²) in [5.74, 6) is 0.726. The van der Waals surface area contributed by atoms with Crippen molar-refractivity contribution < 1.29 is 14.3 Å². The van der Waals surface area contributed by atoms with Gasteiger partial charge in [-0.2, -0.15) is 0 Å². The molecule has 1 amide bonds. The summed E-state index contributed by atoms with van der Waals surface area (Å²) in [4.78, 5) is 40.6. The number of carbonyl (C=O) groups is 2. The van der Waals surface area contributed by atoms with E-state index in [1.54, 1.807) is 20.0 Å². The summed E-state index contributed by atoms with van der Waals surface area (Å²) in [5.41, 5.74) is 3.31. The molecule has 4 rings (SSSR count). The molecule has 0 bridgehead atoms. The molecule has 1 aliphatic rings. The lowest BCUT2D eigenvalue weighted by molar-refractivity contribution is -0.142. The summed E-state index contributed by atoms with van der Waals surface area (Å²) in [5, 5.41) is 0.916. The zero-order valence-electron chi connectivity index (χ0n) is 19.0.